The molecule has 1 N–H and O–H groups in total. The third-order valence-electron chi connectivity index (χ3n) is 3.66. The number of halogens is 1. The van der Waals surface area contributed by atoms with Crippen molar-refractivity contribution in [1.29, 1.82) is 0 Å². The Morgan fingerprint density at radius 3 is 2.90 bits per heavy atom. The maximum Gasteiger partial charge on any atom is 0.356 e. The molecular weight excluding hydrogens is 288 g/mol. The molecule has 1 aliphatic rings. The lowest BCUT2D eigenvalue weighted by Crippen LogP contribution is -2.26. The van der Waals surface area contributed by atoms with Crippen LogP contribution in [0.4, 0.5) is 11.5 Å². The van der Waals surface area contributed by atoms with Crippen molar-refractivity contribution in [3.63, 3.8) is 0 Å². The molecule has 21 heavy (non-hydrogen) atoms. The van der Waals surface area contributed by atoms with Gasteiger partial charge in [0.25, 0.3) is 0 Å². The molecule has 108 valence electrons. The van der Waals surface area contributed by atoms with Crippen molar-refractivity contribution in [2.45, 2.75) is 19.8 Å². The zero-order chi connectivity index (χ0) is 15.0. The number of anilines is 2. The molecule has 0 bridgehead atoms. The molecule has 0 fully saturated rings. The second-order valence-corrected chi connectivity index (χ2v) is 5.60. The Morgan fingerprint density at radius 1 is 1.33 bits per heavy atom. The van der Waals surface area contributed by atoms with Gasteiger partial charge in [-0.25, -0.2) is 9.78 Å². The first-order valence-corrected chi connectivity index (χ1v) is 7.21. The molecule has 0 atom stereocenters. The molecule has 0 radical (unpaired) electrons. The average Bonchev–Trinajstić information content (AvgIpc) is 2.46. The molecule has 0 saturated carbocycles. The molecule has 2 aromatic rings. The summed E-state index contributed by atoms with van der Waals surface area (Å²) in [5.41, 5.74) is 3.49. The SMILES string of the molecule is Cc1ccc2c(c1)CCCN2c1ccc(Cl)c(C(=O)O)n1. The van der Waals surface area contributed by atoms with Crippen LogP contribution >= 0.6 is 11.6 Å². The van der Waals surface area contributed by atoms with E-state index in [0.29, 0.717) is 5.82 Å². The minimum Gasteiger partial charge on any atom is -0.476 e. The van der Waals surface area contributed by atoms with Crippen molar-refractivity contribution in [3.05, 3.63) is 52.2 Å². The predicted molar refractivity (Wildman–Crippen MR) is 82.7 cm³/mol. The van der Waals surface area contributed by atoms with E-state index in [1.165, 1.54) is 11.1 Å². The first-order chi connectivity index (χ1) is 10.1. The summed E-state index contributed by atoms with van der Waals surface area (Å²) in [6, 6.07) is 9.67. The topological polar surface area (TPSA) is 53.4 Å². The summed E-state index contributed by atoms with van der Waals surface area (Å²) in [6.07, 6.45) is 2.05. The van der Waals surface area contributed by atoms with Gasteiger partial charge in [0.2, 0.25) is 0 Å². The van der Waals surface area contributed by atoms with E-state index in [2.05, 4.69) is 35.0 Å². The van der Waals surface area contributed by atoms with Gasteiger partial charge in [0.05, 0.1) is 5.02 Å². The van der Waals surface area contributed by atoms with Gasteiger partial charge in [0, 0.05) is 12.2 Å². The smallest absolute Gasteiger partial charge is 0.356 e. The number of pyridine rings is 1. The summed E-state index contributed by atoms with van der Waals surface area (Å²) in [5.74, 6) is -0.482. The number of aryl methyl sites for hydroxylation is 2. The van der Waals surface area contributed by atoms with Gasteiger partial charge >= 0.3 is 5.97 Å². The number of aromatic nitrogens is 1. The van der Waals surface area contributed by atoms with Gasteiger partial charge in [-0.15, -0.1) is 0 Å². The molecule has 0 spiro atoms. The fraction of sp³-hybridized carbons (Fsp3) is 0.250. The number of carboxylic acids is 1. The van der Waals surface area contributed by atoms with Crippen LogP contribution in [-0.4, -0.2) is 22.6 Å². The number of hydrogen-bond acceptors (Lipinski definition) is 3. The highest BCUT2D eigenvalue weighted by Crippen LogP contribution is 2.33. The molecule has 0 amide bonds. The molecule has 1 aromatic heterocycles. The van der Waals surface area contributed by atoms with E-state index in [1.54, 1.807) is 12.1 Å². The van der Waals surface area contributed by atoms with E-state index in [9.17, 15) is 4.79 Å². The Morgan fingerprint density at radius 2 is 2.14 bits per heavy atom. The summed E-state index contributed by atoms with van der Waals surface area (Å²) >= 11 is 5.89. The largest absolute Gasteiger partial charge is 0.476 e. The van der Waals surface area contributed by atoms with Crippen LogP contribution in [0, 0.1) is 6.92 Å². The highest BCUT2D eigenvalue weighted by Gasteiger charge is 2.21. The van der Waals surface area contributed by atoms with Crippen LogP contribution < -0.4 is 4.90 Å². The molecule has 5 heteroatoms. The van der Waals surface area contributed by atoms with Crippen molar-refractivity contribution >= 4 is 29.1 Å². The Kier molecular flexibility index (Phi) is 3.55. The Bertz CT molecular complexity index is 715. The molecule has 1 aromatic carbocycles. The van der Waals surface area contributed by atoms with Gasteiger partial charge in [-0.1, -0.05) is 29.3 Å². The minimum atomic E-state index is -1.11. The fourth-order valence-corrected chi connectivity index (χ4v) is 2.88. The number of carboxylic acid groups (broad SMARTS) is 1. The number of rotatable bonds is 2. The lowest BCUT2D eigenvalue weighted by atomic mass is 9.99. The van der Waals surface area contributed by atoms with Crippen LogP contribution in [0.1, 0.15) is 28.0 Å². The van der Waals surface area contributed by atoms with Crippen molar-refractivity contribution in [3.8, 4) is 0 Å². The molecule has 3 rings (SSSR count). The van der Waals surface area contributed by atoms with Crippen molar-refractivity contribution in [2.75, 3.05) is 11.4 Å². The molecule has 4 nitrogen and oxygen atoms in total. The lowest BCUT2D eigenvalue weighted by molar-refractivity contribution is 0.0691. The molecule has 0 saturated heterocycles. The summed E-state index contributed by atoms with van der Waals surface area (Å²) in [4.78, 5) is 17.4. The monoisotopic (exact) mass is 302 g/mol. The third-order valence-corrected chi connectivity index (χ3v) is 3.97. The Balaban J connectivity index is 2.07. The van der Waals surface area contributed by atoms with Gasteiger partial charge in [-0.05, 0) is 43.5 Å². The van der Waals surface area contributed by atoms with Gasteiger partial charge in [0.15, 0.2) is 5.69 Å². The molecule has 1 aliphatic heterocycles. The Hall–Kier alpha value is -2.07. The van der Waals surface area contributed by atoms with Gasteiger partial charge in [-0.3, -0.25) is 0 Å². The first kappa shape index (κ1) is 13.9. The minimum absolute atomic E-state index is 0.103. The van der Waals surface area contributed by atoms with Crippen LogP contribution in [-0.2, 0) is 6.42 Å². The van der Waals surface area contributed by atoms with Crippen LogP contribution in [0.5, 0.6) is 0 Å². The highest BCUT2D eigenvalue weighted by atomic mass is 35.5. The zero-order valence-corrected chi connectivity index (χ0v) is 12.4. The normalized spacial score (nSPS) is 13.9. The van der Waals surface area contributed by atoms with Gasteiger partial charge in [-0.2, -0.15) is 0 Å². The molecular formula is C16H15ClN2O2. The van der Waals surface area contributed by atoms with Crippen LogP contribution in [0.15, 0.2) is 30.3 Å². The van der Waals surface area contributed by atoms with Crippen molar-refractivity contribution < 1.29 is 9.90 Å². The van der Waals surface area contributed by atoms with E-state index in [4.69, 9.17) is 16.7 Å². The van der Waals surface area contributed by atoms with E-state index in [-0.39, 0.29) is 10.7 Å². The van der Waals surface area contributed by atoms with E-state index < -0.39 is 5.97 Å². The van der Waals surface area contributed by atoms with Gasteiger partial charge < -0.3 is 10.0 Å². The van der Waals surface area contributed by atoms with Crippen LogP contribution in [0.2, 0.25) is 5.02 Å². The third kappa shape index (κ3) is 2.59. The summed E-state index contributed by atoms with van der Waals surface area (Å²) < 4.78 is 0. The average molecular weight is 303 g/mol. The van der Waals surface area contributed by atoms with Crippen molar-refractivity contribution in [2.24, 2.45) is 0 Å². The second-order valence-electron chi connectivity index (χ2n) is 5.19. The number of carbonyl (C=O) groups is 1. The van der Waals surface area contributed by atoms with E-state index in [1.807, 2.05) is 0 Å². The quantitative estimate of drug-likeness (QED) is 0.916. The first-order valence-electron chi connectivity index (χ1n) is 6.83. The van der Waals surface area contributed by atoms with Crippen LogP contribution in [0.3, 0.4) is 0 Å². The number of benzene rings is 1. The fourth-order valence-electron chi connectivity index (χ4n) is 2.70. The number of fused-ring (bicyclic) bond motifs is 1. The molecule has 2 heterocycles. The zero-order valence-electron chi connectivity index (χ0n) is 11.6. The maximum atomic E-state index is 11.2. The predicted octanol–water partition coefficient (Wildman–Crippen LogP) is 3.83. The van der Waals surface area contributed by atoms with E-state index >= 15 is 0 Å². The Labute approximate surface area is 128 Å². The number of aromatic carboxylic acids is 1. The summed E-state index contributed by atoms with van der Waals surface area (Å²) in [5, 5.41) is 9.31. The standard InChI is InChI=1S/C16H15ClN2O2/c1-10-4-6-13-11(9-10)3-2-8-19(13)14-7-5-12(17)15(18-14)16(20)21/h4-7,9H,2-3,8H2,1H3,(H,20,21). The number of hydrogen-bond donors (Lipinski definition) is 1. The number of nitrogens with zero attached hydrogens (tertiary/aromatic N) is 2. The maximum absolute atomic E-state index is 11.2. The van der Waals surface area contributed by atoms with Gasteiger partial charge in [0.1, 0.15) is 5.82 Å². The van der Waals surface area contributed by atoms with E-state index in [0.717, 1.165) is 25.1 Å². The highest BCUT2D eigenvalue weighted by molar-refractivity contribution is 6.33. The molecule has 0 unspecified atom stereocenters. The summed E-state index contributed by atoms with van der Waals surface area (Å²) in [7, 11) is 0. The molecule has 0 aliphatic carbocycles. The van der Waals surface area contributed by atoms with Crippen LogP contribution in [0.25, 0.3) is 0 Å². The lowest BCUT2D eigenvalue weighted by Gasteiger charge is -2.30. The summed E-state index contributed by atoms with van der Waals surface area (Å²) in [6.45, 7) is 2.89. The second kappa shape index (κ2) is 5.37. The van der Waals surface area contributed by atoms with Crippen molar-refractivity contribution in [1.82, 2.24) is 4.98 Å².